The van der Waals surface area contributed by atoms with Gasteiger partial charge in [-0.3, -0.25) is 15.0 Å². The first-order valence-electron chi connectivity index (χ1n) is 8.80. The molecule has 2 N–H and O–H groups in total. The summed E-state index contributed by atoms with van der Waals surface area (Å²) in [6.45, 7) is 6.83. The number of β-amino-alcohol motifs (C(OH)–C–C–N with tert-alkyl or cyclic N) is 1. The summed E-state index contributed by atoms with van der Waals surface area (Å²) in [6.07, 6.45) is 2.11. The van der Waals surface area contributed by atoms with Crippen LogP contribution in [0.3, 0.4) is 0 Å². The first-order valence-corrected chi connectivity index (χ1v) is 9.21. The van der Waals surface area contributed by atoms with Crippen LogP contribution in [-0.2, 0) is 0 Å². The van der Waals surface area contributed by atoms with Crippen LogP contribution in [0.5, 0.6) is 5.75 Å². The zero-order chi connectivity index (χ0) is 18.1. The number of nitrogens with zero attached hydrogens (tertiary/aromatic N) is 2. The maximum Gasteiger partial charge on any atom is 0.257 e. The Bertz CT molecular complexity index is 557. The lowest BCUT2D eigenvalue weighted by atomic mass is 10.2. The summed E-state index contributed by atoms with van der Waals surface area (Å²) in [5, 5.41) is 12.2. The molecule has 138 valence electrons. The highest BCUT2D eigenvalue weighted by Crippen LogP contribution is 2.13. The second-order valence-corrected chi connectivity index (χ2v) is 6.42. The van der Waals surface area contributed by atoms with E-state index in [-0.39, 0.29) is 12.5 Å². The summed E-state index contributed by atoms with van der Waals surface area (Å²) in [5.41, 5.74) is 0.559. The van der Waals surface area contributed by atoms with Crippen molar-refractivity contribution in [2.24, 2.45) is 0 Å². The Labute approximate surface area is 154 Å². The van der Waals surface area contributed by atoms with E-state index in [1.165, 1.54) is 0 Å². The zero-order valence-corrected chi connectivity index (χ0v) is 15.6. The number of hydrogen-bond acceptors (Lipinski definition) is 5. The summed E-state index contributed by atoms with van der Waals surface area (Å²) in [4.78, 5) is 16.5. The van der Waals surface area contributed by atoms with Crippen molar-refractivity contribution in [3.05, 3.63) is 29.8 Å². The number of rotatable bonds is 7. The van der Waals surface area contributed by atoms with Crippen LogP contribution in [0.1, 0.15) is 30.1 Å². The van der Waals surface area contributed by atoms with Gasteiger partial charge in [0.25, 0.3) is 5.91 Å². The molecule has 7 heteroatoms. The first-order chi connectivity index (χ1) is 12.1. The summed E-state index contributed by atoms with van der Waals surface area (Å²) in [6, 6.07) is 7.11. The molecule has 1 amide bonds. The van der Waals surface area contributed by atoms with E-state index in [1.54, 1.807) is 24.3 Å². The SMILES string of the molecule is CCCCOc1ccc(C(=O)NC(=S)N2CCN(CCO)CC2)cc1. The number of aliphatic hydroxyl groups excluding tert-OH is 1. The maximum atomic E-state index is 12.3. The third kappa shape index (κ3) is 6.26. The Morgan fingerprint density at radius 3 is 2.52 bits per heavy atom. The molecule has 1 aliphatic heterocycles. The Hall–Kier alpha value is -1.70. The number of benzene rings is 1. The van der Waals surface area contributed by atoms with Crippen molar-refractivity contribution >= 4 is 23.2 Å². The van der Waals surface area contributed by atoms with Gasteiger partial charge in [-0.25, -0.2) is 0 Å². The summed E-state index contributed by atoms with van der Waals surface area (Å²) >= 11 is 5.35. The highest BCUT2D eigenvalue weighted by molar-refractivity contribution is 7.80. The van der Waals surface area contributed by atoms with E-state index in [2.05, 4.69) is 17.1 Å². The van der Waals surface area contributed by atoms with Gasteiger partial charge in [-0.2, -0.15) is 0 Å². The second-order valence-electron chi connectivity index (χ2n) is 6.04. The normalized spacial score (nSPS) is 15.0. The molecule has 0 aliphatic carbocycles. The number of hydrogen-bond donors (Lipinski definition) is 2. The molecule has 0 bridgehead atoms. The molecule has 25 heavy (non-hydrogen) atoms. The van der Waals surface area contributed by atoms with Gasteiger partial charge in [0.05, 0.1) is 13.2 Å². The van der Waals surface area contributed by atoms with Crippen molar-refractivity contribution < 1.29 is 14.6 Å². The standard InChI is InChI=1S/C18H27N3O3S/c1-2-3-14-24-16-6-4-15(5-7-16)17(23)19-18(25)21-10-8-20(9-11-21)12-13-22/h4-7,22H,2-3,8-14H2,1H3,(H,19,23,25). The van der Waals surface area contributed by atoms with Crippen LogP contribution in [0, 0.1) is 0 Å². The first kappa shape index (κ1) is 19.6. The number of carbonyl (C=O) groups is 1. The fourth-order valence-corrected chi connectivity index (χ4v) is 2.88. The van der Waals surface area contributed by atoms with E-state index in [4.69, 9.17) is 22.1 Å². The van der Waals surface area contributed by atoms with Crippen LogP contribution in [-0.4, -0.2) is 71.9 Å². The number of ether oxygens (including phenoxy) is 1. The Morgan fingerprint density at radius 1 is 1.24 bits per heavy atom. The van der Waals surface area contributed by atoms with Gasteiger partial charge in [0.1, 0.15) is 5.75 Å². The van der Waals surface area contributed by atoms with E-state index in [1.807, 2.05) is 4.90 Å². The van der Waals surface area contributed by atoms with Crippen molar-refractivity contribution in [1.29, 1.82) is 0 Å². The van der Waals surface area contributed by atoms with Crippen molar-refractivity contribution in [3.63, 3.8) is 0 Å². The molecule has 0 radical (unpaired) electrons. The van der Waals surface area contributed by atoms with Crippen molar-refractivity contribution in [2.75, 3.05) is 45.9 Å². The third-order valence-electron chi connectivity index (χ3n) is 4.18. The molecule has 0 spiro atoms. The number of thiocarbonyl (C=S) groups is 1. The molecule has 2 rings (SSSR count). The predicted octanol–water partition coefficient (Wildman–Crippen LogP) is 1.49. The number of amides is 1. The molecule has 1 heterocycles. The predicted molar refractivity (Wildman–Crippen MR) is 102 cm³/mol. The van der Waals surface area contributed by atoms with Gasteiger partial charge >= 0.3 is 0 Å². The van der Waals surface area contributed by atoms with Gasteiger partial charge < -0.3 is 14.7 Å². The number of carbonyl (C=O) groups excluding carboxylic acids is 1. The average Bonchev–Trinajstić information content (AvgIpc) is 2.63. The molecular weight excluding hydrogens is 338 g/mol. The van der Waals surface area contributed by atoms with E-state index < -0.39 is 0 Å². The Balaban J connectivity index is 1.80. The summed E-state index contributed by atoms with van der Waals surface area (Å²) < 4.78 is 5.60. The van der Waals surface area contributed by atoms with Gasteiger partial charge in [-0.05, 0) is 42.9 Å². The summed E-state index contributed by atoms with van der Waals surface area (Å²) in [5.74, 6) is 0.565. The maximum absolute atomic E-state index is 12.3. The molecule has 1 saturated heterocycles. The van der Waals surface area contributed by atoms with E-state index in [0.717, 1.165) is 44.8 Å². The second kappa shape index (κ2) is 10.3. The topological polar surface area (TPSA) is 65.0 Å². The van der Waals surface area contributed by atoms with Gasteiger partial charge in [0.2, 0.25) is 0 Å². The molecular formula is C18H27N3O3S. The van der Waals surface area contributed by atoms with Gasteiger partial charge in [-0.15, -0.1) is 0 Å². The molecule has 0 unspecified atom stereocenters. The molecule has 0 saturated carbocycles. The zero-order valence-electron chi connectivity index (χ0n) is 14.7. The largest absolute Gasteiger partial charge is 0.494 e. The highest BCUT2D eigenvalue weighted by atomic mass is 32.1. The fourth-order valence-electron chi connectivity index (χ4n) is 2.60. The lowest BCUT2D eigenvalue weighted by Gasteiger charge is -2.35. The van der Waals surface area contributed by atoms with Crippen LogP contribution < -0.4 is 10.1 Å². The van der Waals surface area contributed by atoms with Gasteiger partial charge in [-0.1, -0.05) is 13.3 Å². The number of aliphatic hydroxyl groups is 1. The molecule has 0 atom stereocenters. The molecule has 1 aromatic carbocycles. The minimum atomic E-state index is -0.206. The quantitative estimate of drug-likeness (QED) is 0.564. The van der Waals surface area contributed by atoms with Crippen LogP contribution in [0.25, 0.3) is 0 Å². The molecule has 1 aromatic rings. The highest BCUT2D eigenvalue weighted by Gasteiger charge is 2.20. The number of unbranched alkanes of at least 4 members (excludes halogenated alkanes) is 1. The lowest BCUT2D eigenvalue weighted by molar-refractivity contribution is 0.0968. The van der Waals surface area contributed by atoms with Gasteiger partial charge in [0.15, 0.2) is 5.11 Å². The third-order valence-corrected chi connectivity index (χ3v) is 4.54. The van der Waals surface area contributed by atoms with Crippen LogP contribution in [0.15, 0.2) is 24.3 Å². The fraction of sp³-hybridized carbons (Fsp3) is 0.556. The monoisotopic (exact) mass is 365 g/mol. The lowest BCUT2D eigenvalue weighted by Crippen LogP contribution is -2.53. The Morgan fingerprint density at radius 2 is 1.92 bits per heavy atom. The smallest absolute Gasteiger partial charge is 0.257 e. The average molecular weight is 365 g/mol. The molecule has 0 aromatic heterocycles. The van der Waals surface area contributed by atoms with Crippen molar-refractivity contribution in [3.8, 4) is 5.75 Å². The van der Waals surface area contributed by atoms with E-state index >= 15 is 0 Å². The molecule has 1 fully saturated rings. The van der Waals surface area contributed by atoms with E-state index in [9.17, 15) is 4.79 Å². The summed E-state index contributed by atoms with van der Waals surface area (Å²) in [7, 11) is 0. The minimum Gasteiger partial charge on any atom is -0.494 e. The van der Waals surface area contributed by atoms with Crippen LogP contribution >= 0.6 is 12.2 Å². The van der Waals surface area contributed by atoms with Crippen molar-refractivity contribution in [1.82, 2.24) is 15.1 Å². The van der Waals surface area contributed by atoms with Crippen LogP contribution in [0.2, 0.25) is 0 Å². The number of piperazine rings is 1. The Kier molecular flexibility index (Phi) is 8.11. The molecule has 1 aliphatic rings. The minimum absolute atomic E-state index is 0.166. The molecule has 6 nitrogen and oxygen atoms in total. The van der Waals surface area contributed by atoms with Crippen LogP contribution in [0.4, 0.5) is 0 Å². The van der Waals surface area contributed by atoms with Gasteiger partial charge in [0, 0.05) is 38.3 Å². The number of nitrogens with one attached hydrogen (secondary N) is 1. The van der Waals surface area contributed by atoms with Crippen molar-refractivity contribution in [2.45, 2.75) is 19.8 Å². The van der Waals surface area contributed by atoms with E-state index in [0.29, 0.717) is 23.8 Å².